The van der Waals surface area contributed by atoms with Crippen molar-refractivity contribution in [3.05, 3.63) is 69.9 Å². The quantitative estimate of drug-likeness (QED) is 0.817. The minimum Gasteiger partial charge on any atom is -0.298 e. The summed E-state index contributed by atoms with van der Waals surface area (Å²) in [5, 5.41) is 0. The van der Waals surface area contributed by atoms with Crippen molar-refractivity contribution in [3.63, 3.8) is 0 Å². The fraction of sp³-hybridized carbons (Fsp3) is 0.200. The summed E-state index contributed by atoms with van der Waals surface area (Å²) in [4.78, 5) is 2.20. The summed E-state index contributed by atoms with van der Waals surface area (Å²) < 4.78 is 13.8. The first-order valence-electron chi connectivity index (χ1n) is 5.81. The molecule has 94 valence electrons. The standard InChI is InChI=1S/C15H15BrFN/c1-18(10-12-5-3-2-4-6-12)11-13-7-8-14(17)9-15(13)16/h2-9H,10-11H2,1H3. The fourth-order valence-electron chi connectivity index (χ4n) is 1.89. The second-order valence-electron chi connectivity index (χ2n) is 4.39. The highest BCUT2D eigenvalue weighted by atomic mass is 79.9. The molecule has 0 aliphatic carbocycles. The SMILES string of the molecule is CN(Cc1ccccc1)Cc1ccc(F)cc1Br. The van der Waals surface area contributed by atoms with Crippen LogP contribution >= 0.6 is 15.9 Å². The van der Waals surface area contributed by atoms with Crippen LogP contribution in [0.15, 0.2) is 53.0 Å². The Bertz CT molecular complexity index is 513. The van der Waals surface area contributed by atoms with E-state index in [-0.39, 0.29) is 5.82 Å². The second kappa shape index (κ2) is 6.12. The largest absolute Gasteiger partial charge is 0.298 e. The third kappa shape index (κ3) is 3.65. The molecule has 0 aliphatic rings. The van der Waals surface area contributed by atoms with Gasteiger partial charge >= 0.3 is 0 Å². The van der Waals surface area contributed by atoms with Crippen LogP contribution in [0.3, 0.4) is 0 Å². The first-order chi connectivity index (χ1) is 8.65. The Labute approximate surface area is 115 Å². The maximum absolute atomic E-state index is 13.0. The van der Waals surface area contributed by atoms with Gasteiger partial charge in [0.15, 0.2) is 0 Å². The molecule has 2 aromatic carbocycles. The van der Waals surface area contributed by atoms with Crippen molar-refractivity contribution >= 4 is 15.9 Å². The molecule has 0 N–H and O–H groups in total. The average Bonchev–Trinajstić information content (AvgIpc) is 2.34. The highest BCUT2D eigenvalue weighted by Crippen LogP contribution is 2.19. The van der Waals surface area contributed by atoms with E-state index in [1.165, 1.54) is 17.7 Å². The minimum atomic E-state index is -0.212. The summed E-state index contributed by atoms with van der Waals surface area (Å²) >= 11 is 3.39. The van der Waals surface area contributed by atoms with E-state index in [2.05, 4.69) is 40.0 Å². The van der Waals surface area contributed by atoms with Crippen LogP contribution in [-0.4, -0.2) is 11.9 Å². The van der Waals surface area contributed by atoms with Crippen LogP contribution < -0.4 is 0 Å². The van der Waals surface area contributed by atoms with E-state index in [1.807, 2.05) is 24.3 Å². The summed E-state index contributed by atoms with van der Waals surface area (Å²) in [6.45, 7) is 1.67. The van der Waals surface area contributed by atoms with E-state index in [4.69, 9.17) is 0 Å². The van der Waals surface area contributed by atoms with E-state index in [9.17, 15) is 4.39 Å². The maximum atomic E-state index is 13.0. The van der Waals surface area contributed by atoms with Gasteiger partial charge in [-0.25, -0.2) is 4.39 Å². The zero-order valence-corrected chi connectivity index (χ0v) is 11.8. The van der Waals surface area contributed by atoms with Crippen molar-refractivity contribution in [2.45, 2.75) is 13.1 Å². The van der Waals surface area contributed by atoms with E-state index in [1.54, 1.807) is 0 Å². The van der Waals surface area contributed by atoms with Crippen LogP contribution in [0.25, 0.3) is 0 Å². The van der Waals surface area contributed by atoms with E-state index < -0.39 is 0 Å². The summed E-state index contributed by atoms with van der Waals surface area (Å²) in [6, 6.07) is 15.1. The first-order valence-corrected chi connectivity index (χ1v) is 6.61. The smallest absolute Gasteiger partial charge is 0.124 e. The molecular formula is C15H15BrFN. The van der Waals surface area contributed by atoms with Gasteiger partial charge in [0.2, 0.25) is 0 Å². The minimum absolute atomic E-state index is 0.212. The van der Waals surface area contributed by atoms with Crippen LogP contribution in [0.5, 0.6) is 0 Å². The molecule has 0 radical (unpaired) electrons. The molecular weight excluding hydrogens is 293 g/mol. The molecule has 2 rings (SSSR count). The third-order valence-electron chi connectivity index (χ3n) is 2.75. The number of hydrogen-bond donors (Lipinski definition) is 0. The number of hydrogen-bond acceptors (Lipinski definition) is 1. The van der Waals surface area contributed by atoms with Crippen molar-refractivity contribution in [2.75, 3.05) is 7.05 Å². The summed E-state index contributed by atoms with van der Waals surface area (Å²) in [6.07, 6.45) is 0. The molecule has 0 atom stereocenters. The van der Waals surface area contributed by atoms with E-state index >= 15 is 0 Å². The average molecular weight is 308 g/mol. The lowest BCUT2D eigenvalue weighted by atomic mass is 10.2. The molecule has 0 saturated carbocycles. The highest BCUT2D eigenvalue weighted by Gasteiger charge is 2.05. The van der Waals surface area contributed by atoms with Gasteiger partial charge in [-0.2, -0.15) is 0 Å². The molecule has 0 bridgehead atoms. The molecule has 3 heteroatoms. The number of halogens is 2. The van der Waals surface area contributed by atoms with Crippen molar-refractivity contribution in [1.82, 2.24) is 4.90 Å². The van der Waals surface area contributed by atoms with Crippen LogP contribution in [0, 0.1) is 5.82 Å². The van der Waals surface area contributed by atoms with Gasteiger partial charge in [0.1, 0.15) is 5.82 Å². The molecule has 0 spiro atoms. The summed E-state index contributed by atoms with van der Waals surface area (Å²) in [5.41, 5.74) is 2.37. The Morgan fingerprint density at radius 1 is 1.06 bits per heavy atom. The monoisotopic (exact) mass is 307 g/mol. The van der Waals surface area contributed by atoms with Crippen LogP contribution in [-0.2, 0) is 13.1 Å². The maximum Gasteiger partial charge on any atom is 0.124 e. The molecule has 1 nitrogen and oxygen atoms in total. The topological polar surface area (TPSA) is 3.24 Å². The Morgan fingerprint density at radius 2 is 1.78 bits per heavy atom. The molecule has 0 aliphatic heterocycles. The molecule has 0 fully saturated rings. The molecule has 2 aromatic rings. The van der Waals surface area contributed by atoms with E-state index in [0.717, 1.165) is 23.1 Å². The lowest BCUT2D eigenvalue weighted by molar-refractivity contribution is 0.318. The zero-order valence-electron chi connectivity index (χ0n) is 10.2. The summed E-state index contributed by atoms with van der Waals surface area (Å²) in [5.74, 6) is -0.212. The first kappa shape index (κ1) is 13.2. The van der Waals surface area contributed by atoms with Crippen molar-refractivity contribution < 1.29 is 4.39 Å². The normalized spacial score (nSPS) is 10.9. The van der Waals surface area contributed by atoms with Gasteiger partial charge in [-0.15, -0.1) is 0 Å². The van der Waals surface area contributed by atoms with Crippen molar-refractivity contribution in [1.29, 1.82) is 0 Å². The molecule has 18 heavy (non-hydrogen) atoms. The van der Waals surface area contributed by atoms with Crippen LogP contribution in [0.4, 0.5) is 4.39 Å². The van der Waals surface area contributed by atoms with Gasteiger partial charge in [0.05, 0.1) is 0 Å². The highest BCUT2D eigenvalue weighted by molar-refractivity contribution is 9.10. The van der Waals surface area contributed by atoms with Gasteiger partial charge < -0.3 is 0 Å². The zero-order chi connectivity index (χ0) is 13.0. The third-order valence-corrected chi connectivity index (χ3v) is 3.49. The lowest BCUT2D eigenvalue weighted by Gasteiger charge is -2.17. The summed E-state index contributed by atoms with van der Waals surface area (Å²) in [7, 11) is 2.06. The van der Waals surface area contributed by atoms with Gasteiger partial charge in [-0.05, 0) is 30.3 Å². The predicted octanol–water partition coefficient (Wildman–Crippen LogP) is 4.22. The van der Waals surface area contributed by atoms with Crippen molar-refractivity contribution in [2.24, 2.45) is 0 Å². The molecule has 0 amide bonds. The Morgan fingerprint density at radius 3 is 2.44 bits per heavy atom. The van der Waals surface area contributed by atoms with Gasteiger partial charge in [0.25, 0.3) is 0 Å². The molecule has 0 heterocycles. The molecule has 0 saturated heterocycles. The Balaban J connectivity index is 2.01. The van der Waals surface area contributed by atoms with E-state index in [0.29, 0.717) is 0 Å². The number of benzene rings is 2. The second-order valence-corrected chi connectivity index (χ2v) is 5.25. The number of rotatable bonds is 4. The Hall–Kier alpha value is -1.19. The molecule has 0 unspecified atom stereocenters. The van der Waals surface area contributed by atoms with Crippen molar-refractivity contribution in [3.8, 4) is 0 Å². The van der Waals surface area contributed by atoms with Gasteiger partial charge in [0, 0.05) is 17.6 Å². The predicted molar refractivity (Wildman–Crippen MR) is 75.7 cm³/mol. The molecule has 0 aromatic heterocycles. The van der Waals surface area contributed by atoms with Gasteiger partial charge in [-0.1, -0.05) is 52.3 Å². The lowest BCUT2D eigenvalue weighted by Crippen LogP contribution is -2.17. The number of nitrogens with zero attached hydrogens (tertiary/aromatic N) is 1. The van der Waals surface area contributed by atoms with Crippen LogP contribution in [0.2, 0.25) is 0 Å². The van der Waals surface area contributed by atoms with Gasteiger partial charge in [-0.3, -0.25) is 4.90 Å². The van der Waals surface area contributed by atoms with Crippen LogP contribution in [0.1, 0.15) is 11.1 Å². The Kier molecular flexibility index (Phi) is 4.50. The fourth-order valence-corrected chi connectivity index (χ4v) is 2.37.